The number of anilines is 1. The Kier molecular flexibility index (Phi) is 5.09. The van der Waals surface area contributed by atoms with Gasteiger partial charge in [-0.15, -0.1) is 0 Å². The molecule has 0 amide bonds. The molecule has 4 rings (SSSR count). The summed E-state index contributed by atoms with van der Waals surface area (Å²) < 4.78 is 7.51. The van der Waals surface area contributed by atoms with Crippen LogP contribution in [0.4, 0.5) is 5.95 Å². The number of esters is 1. The van der Waals surface area contributed by atoms with Crippen molar-refractivity contribution in [2.75, 3.05) is 11.9 Å². The normalized spacial score (nSPS) is 16.0. The van der Waals surface area contributed by atoms with Gasteiger partial charge in [0, 0.05) is 10.7 Å². The summed E-state index contributed by atoms with van der Waals surface area (Å²) in [6.07, 6.45) is 1.64. The molecule has 144 valence electrons. The molecule has 1 aliphatic heterocycles. The zero-order chi connectivity index (χ0) is 19.7. The monoisotopic (exact) mass is 395 g/mol. The number of nitrogens with zero attached hydrogens (tertiary/aromatic N) is 2. The van der Waals surface area contributed by atoms with E-state index < -0.39 is 0 Å². The van der Waals surface area contributed by atoms with Crippen LogP contribution in [-0.4, -0.2) is 22.1 Å². The van der Waals surface area contributed by atoms with Crippen LogP contribution < -0.4 is 5.32 Å². The van der Waals surface area contributed by atoms with Gasteiger partial charge in [-0.25, -0.2) is 9.78 Å². The van der Waals surface area contributed by atoms with Crippen molar-refractivity contribution in [3.05, 3.63) is 70.4 Å². The zero-order valence-corrected chi connectivity index (χ0v) is 16.7. The number of benzene rings is 2. The van der Waals surface area contributed by atoms with Gasteiger partial charge in [-0.1, -0.05) is 49.2 Å². The summed E-state index contributed by atoms with van der Waals surface area (Å²) in [6, 6.07) is 15.2. The van der Waals surface area contributed by atoms with Gasteiger partial charge in [0.25, 0.3) is 0 Å². The first-order chi connectivity index (χ1) is 13.6. The summed E-state index contributed by atoms with van der Waals surface area (Å²) in [6.45, 7) is 4.24. The van der Waals surface area contributed by atoms with E-state index in [0.717, 1.165) is 41.1 Å². The SMILES string of the molecule is CCCC1=C(C(=O)OCC)[C@H](c2ccc(Cl)cc2)n2c(nc3ccccc32)N1. The van der Waals surface area contributed by atoms with E-state index in [2.05, 4.69) is 16.8 Å². The van der Waals surface area contributed by atoms with Crippen molar-refractivity contribution in [1.82, 2.24) is 9.55 Å². The van der Waals surface area contributed by atoms with Crippen molar-refractivity contribution in [2.45, 2.75) is 32.7 Å². The van der Waals surface area contributed by atoms with Crippen LogP contribution in [-0.2, 0) is 9.53 Å². The van der Waals surface area contributed by atoms with Crippen LogP contribution >= 0.6 is 11.6 Å². The van der Waals surface area contributed by atoms with Crippen molar-refractivity contribution >= 4 is 34.6 Å². The molecule has 0 aliphatic carbocycles. The summed E-state index contributed by atoms with van der Waals surface area (Å²) in [5, 5.41) is 4.05. The number of nitrogens with one attached hydrogen (secondary N) is 1. The van der Waals surface area contributed by atoms with Gasteiger partial charge in [0.2, 0.25) is 5.95 Å². The smallest absolute Gasteiger partial charge is 0.338 e. The standard InChI is InChI=1S/C22H22ClN3O2/c1-3-7-17-19(21(27)28-4-2)20(14-10-12-15(23)13-11-14)26-18-9-6-5-8-16(18)24-22(26)25-17/h5-6,8-13,20H,3-4,7H2,1-2H3,(H,24,25)/t20-/m0/s1. The summed E-state index contributed by atoms with van der Waals surface area (Å²) in [7, 11) is 0. The van der Waals surface area contributed by atoms with Crippen LogP contribution in [0, 0.1) is 0 Å². The van der Waals surface area contributed by atoms with Gasteiger partial charge in [-0.05, 0) is 43.2 Å². The quantitative estimate of drug-likeness (QED) is 0.594. The van der Waals surface area contributed by atoms with Crippen molar-refractivity contribution in [2.24, 2.45) is 0 Å². The summed E-state index contributed by atoms with van der Waals surface area (Å²) >= 11 is 6.12. The number of hydrogen-bond acceptors (Lipinski definition) is 4. The first-order valence-corrected chi connectivity index (χ1v) is 9.91. The van der Waals surface area contributed by atoms with E-state index in [9.17, 15) is 4.79 Å². The number of halogens is 1. The topological polar surface area (TPSA) is 56.2 Å². The van der Waals surface area contributed by atoms with E-state index in [-0.39, 0.29) is 12.0 Å². The number of ether oxygens (including phenoxy) is 1. The highest BCUT2D eigenvalue weighted by molar-refractivity contribution is 6.30. The predicted octanol–water partition coefficient (Wildman–Crippen LogP) is 5.32. The minimum Gasteiger partial charge on any atom is -0.463 e. The zero-order valence-electron chi connectivity index (χ0n) is 15.9. The number of hydrogen-bond donors (Lipinski definition) is 1. The fourth-order valence-corrected chi connectivity index (χ4v) is 3.87. The number of allylic oxidation sites excluding steroid dienone is 1. The second-order valence-corrected chi connectivity index (χ2v) is 7.17. The van der Waals surface area contributed by atoms with Gasteiger partial charge < -0.3 is 10.1 Å². The van der Waals surface area contributed by atoms with Crippen molar-refractivity contribution in [1.29, 1.82) is 0 Å². The molecule has 0 saturated heterocycles. The van der Waals surface area contributed by atoms with Gasteiger partial charge in [-0.2, -0.15) is 0 Å². The van der Waals surface area contributed by atoms with Gasteiger partial charge in [0.15, 0.2) is 0 Å². The van der Waals surface area contributed by atoms with Gasteiger partial charge >= 0.3 is 5.97 Å². The van der Waals surface area contributed by atoms with Crippen LogP contribution in [0.25, 0.3) is 11.0 Å². The molecule has 2 heterocycles. The Hall–Kier alpha value is -2.79. The third kappa shape index (κ3) is 3.16. The highest BCUT2D eigenvalue weighted by Crippen LogP contribution is 2.40. The third-order valence-corrected chi connectivity index (χ3v) is 5.15. The fraction of sp³-hybridized carbons (Fsp3) is 0.273. The molecule has 0 radical (unpaired) electrons. The molecule has 6 heteroatoms. The van der Waals surface area contributed by atoms with Crippen LogP contribution in [0.5, 0.6) is 0 Å². The van der Waals surface area contributed by atoms with Crippen LogP contribution in [0.3, 0.4) is 0 Å². The van der Waals surface area contributed by atoms with Gasteiger partial charge in [-0.3, -0.25) is 4.57 Å². The number of imidazole rings is 1. The highest BCUT2D eigenvalue weighted by atomic mass is 35.5. The first kappa shape index (κ1) is 18.6. The molecule has 0 bridgehead atoms. The maximum absolute atomic E-state index is 13.0. The lowest BCUT2D eigenvalue weighted by molar-refractivity contribution is -0.139. The molecule has 1 aromatic heterocycles. The average molecular weight is 396 g/mol. The van der Waals surface area contributed by atoms with Gasteiger partial charge in [0.05, 0.1) is 29.3 Å². The molecule has 3 aromatic rings. The molecule has 0 spiro atoms. The number of carbonyl (C=O) groups is 1. The second-order valence-electron chi connectivity index (χ2n) is 6.74. The molecular weight excluding hydrogens is 374 g/mol. The van der Waals surface area contributed by atoms with E-state index in [1.54, 1.807) is 0 Å². The van der Waals surface area contributed by atoms with Crippen LogP contribution in [0.2, 0.25) is 5.02 Å². The molecule has 28 heavy (non-hydrogen) atoms. The molecule has 2 aromatic carbocycles. The molecule has 5 nitrogen and oxygen atoms in total. The Morgan fingerprint density at radius 3 is 2.64 bits per heavy atom. The lowest BCUT2D eigenvalue weighted by atomic mass is 9.93. The molecule has 0 unspecified atom stereocenters. The second kappa shape index (κ2) is 7.68. The fourth-order valence-electron chi connectivity index (χ4n) is 3.74. The molecule has 0 saturated carbocycles. The minimum absolute atomic E-state index is 0.304. The van der Waals surface area contributed by atoms with E-state index in [4.69, 9.17) is 21.3 Å². The Balaban J connectivity index is 1.98. The van der Waals surface area contributed by atoms with Crippen LogP contribution in [0.15, 0.2) is 59.8 Å². The van der Waals surface area contributed by atoms with Crippen molar-refractivity contribution in [3.8, 4) is 0 Å². The molecule has 1 atom stereocenters. The van der Waals surface area contributed by atoms with Crippen molar-refractivity contribution < 1.29 is 9.53 Å². The lowest BCUT2D eigenvalue weighted by Gasteiger charge is -2.31. The summed E-state index contributed by atoms with van der Waals surface area (Å²) in [4.78, 5) is 17.8. The first-order valence-electron chi connectivity index (χ1n) is 9.53. The highest BCUT2D eigenvalue weighted by Gasteiger charge is 2.35. The van der Waals surface area contributed by atoms with E-state index in [0.29, 0.717) is 17.2 Å². The number of fused-ring (bicyclic) bond motifs is 3. The maximum atomic E-state index is 13.0. The molecule has 1 aliphatic rings. The maximum Gasteiger partial charge on any atom is 0.338 e. The largest absolute Gasteiger partial charge is 0.463 e. The summed E-state index contributed by atoms with van der Waals surface area (Å²) in [5.41, 5.74) is 4.30. The van der Waals surface area contributed by atoms with Gasteiger partial charge in [0.1, 0.15) is 0 Å². The Morgan fingerprint density at radius 2 is 1.93 bits per heavy atom. The molecule has 1 N–H and O–H groups in total. The van der Waals surface area contributed by atoms with E-state index in [1.807, 2.05) is 55.5 Å². The molecular formula is C22H22ClN3O2. The Morgan fingerprint density at radius 1 is 1.18 bits per heavy atom. The Bertz CT molecular complexity index is 1050. The van der Waals surface area contributed by atoms with E-state index >= 15 is 0 Å². The van der Waals surface area contributed by atoms with Crippen LogP contribution in [0.1, 0.15) is 38.3 Å². The number of para-hydroxylation sites is 2. The van der Waals surface area contributed by atoms with E-state index in [1.165, 1.54) is 0 Å². The third-order valence-electron chi connectivity index (χ3n) is 4.90. The minimum atomic E-state index is -0.332. The lowest BCUT2D eigenvalue weighted by Crippen LogP contribution is -2.29. The number of rotatable bonds is 5. The molecule has 0 fully saturated rings. The average Bonchev–Trinajstić information content (AvgIpc) is 3.06. The number of aromatic nitrogens is 2. The van der Waals surface area contributed by atoms with Crippen molar-refractivity contribution in [3.63, 3.8) is 0 Å². The predicted molar refractivity (Wildman–Crippen MR) is 112 cm³/mol. The summed E-state index contributed by atoms with van der Waals surface area (Å²) in [5.74, 6) is 0.430. The number of carbonyl (C=O) groups excluding carboxylic acids is 1. The Labute approximate surface area is 169 Å².